The number of benzene rings is 1. The number of ether oxygens (including phenoxy) is 1. The molecule has 1 N–H and O–H groups in total. The molecule has 1 atom stereocenters. The summed E-state index contributed by atoms with van der Waals surface area (Å²) in [6.07, 6.45) is 2.44. The lowest BCUT2D eigenvalue weighted by Gasteiger charge is -2.21. The number of carboxylic acids is 1. The molecule has 0 aromatic heterocycles. The van der Waals surface area contributed by atoms with Crippen LogP contribution in [0.5, 0.6) is 5.75 Å². The molecule has 1 aliphatic rings. The van der Waals surface area contributed by atoms with Gasteiger partial charge < -0.3 is 14.7 Å². The maximum Gasteiger partial charge on any atom is 0.326 e. The van der Waals surface area contributed by atoms with Gasteiger partial charge >= 0.3 is 5.97 Å². The molecule has 5 nitrogen and oxygen atoms in total. The Morgan fingerprint density at radius 3 is 2.95 bits per heavy atom. The van der Waals surface area contributed by atoms with Crippen LogP contribution in [0.2, 0.25) is 0 Å². The highest BCUT2D eigenvalue weighted by Crippen LogP contribution is 2.20. The van der Waals surface area contributed by atoms with E-state index in [2.05, 4.69) is 0 Å². The van der Waals surface area contributed by atoms with Crippen LogP contribution in [0.1, 0.15) is 31.7 Å². The molecule has 0 unspecified atom stereocenters. The van der Waals surface area contributed by atoms with Crippen molar-refractivity contribution < 1.29 is 19.4 Å². The van der Waals surface area contributed by atoms with Gasteiger partial charge in [0, 0.05) is 6.54 Å². The lowest BCUT2D eigenvalue weighted by Crippen LogP contribution is -2.41. The molecule has 21 heavy (non-hydrogen) atoms. The second-order valence-electron chi connectivity index (χ2n) is 5.26. The molecule has 5 heteroatoms. The predicted octanol–water partition coefficient (Wildman–Crippen LogP) is 2.09. The van der Waals surface area contributed by atoms with Crippen molar-refractivity contribution in [2.75, 3.05) is 13.2 Å². The molecule has 0 saturated carbocycles. The van der Waals surface area contributed by atoms with E-state index >= 15 is 0 Å². The van der Waals surface area contributed by atoms with E-state index in [1.54, 1.807) is 0 Å². The summed E-state index contributed by atoms with van der Waals surface area (Å²) in [5.41, 5.74) is 0.852. The molecule has 1 saturated heterocycles. The smallest absolute Gasteiger partial charge is 0.326 e. The standard InChI is InChI=1S/C16H21NO4/c1-2-9-21-13-6-3-5-12(10-13)11-15(18)17-8-4-7-14(17)16(19)20/h3,5-6,10,14H,2,4,7-9,11H2,1H3,(H,19,20)/t14-/m1/s1. The number of rotatable bonds is 6. The summed E-state index contributed by atoms with van der Waals surface area (Å²) in [7, 11) is 0. The van der Waals surface area contributed by atoms with Crippen molar-refractivity contribution in [2.45, 2.75) is 38.6 Å². The van der Waals surface area contributed by atoms with Gasteiger partial charge in [-0.05, 0) is 37.0 Å². The maximum absolute atomic E-state index is 12.3. The van der Waals surface area contributed by atoms with Crippen LogP contribution in [0.4, 0.5) is 0 Å². The number of carbonyl (C=O) groups is 2. The Morgan fingerprint density at radius 1 is 1.43 bits per heavy atom. The van der Waals surface area contributed by atoms with Crippen molar-refractivity contribution in [3.05, 3.63) is 29.8 Å². The van der Waals surface area contributed by atoms with Crippen LogP contribution in [-0.2, 0) is 16.0 Å². The number of hydrogen-bond acceptors (Lipinski definition) is 3. The topological polar surface area (TPSA) is 66.8 Å². The van der Waals surface area contributed by atoms with E-state index in [-0.39, 0.29) is 12.3 Å². The largest absolute Gasteiger partial charge is 0.494 e. The average Bonchev–Trinajstić information content (AvgIpc) is 2.95. The van der Waals surface area contributed by atoms with Crippen LogP contribution in [0.25, 0.3) is 0 Å². The second-order valence-corrected chi connectivity index (χ2v) is 5.26. The van der Waals surface area contributed by atoms with E-state index < -0.39 is 12.0 Å². The molecule has 1 amide bonds. The fraction of sp³-hybridized carbons (Fsp3) is 0.500. The SMILES string of the molecule is CCCOc1cccc(CC(=O)N2CCC[C@@H]2C(=O)O)c1. The lowest BCUT2D eigenvalue weighted by atomic mass is 10.1. The van der Waals surface area contributed by atoms with Crippen molar-refractivity contribution in [3.63, 3.8) is 0 Å². The minimum Gasteiger partial charge on any atom is -0.494 e. The van der Waals surface area contributed by atoms with Gasteiger partial charge in [0.15, 0.2) is 0 Å². The number of aliphatic carboxylic acids is 1. The highest BCUT2D eigenvalue weighted by atomic mass is 16.5. The minimum absolute atomic E-state index is 0.132. The third-order valence-electron chi connectivity index (χ3n) is 3.58. The monoisotopic (exact) mass is 291 g/mol. The molecule has 1 fully saturated rings. The first-order valence-corrected chi connectivity index (χ1v) is 7.36. The molecule has 1 aromatic carbocycles. The fourth-order valence-corrected chi connectivity index (χ4v) is 2.56. The van der Waals surface area contributed by atoms with Gasteiger partial charge in [-0.25, -0.2) is 4.79 Å². The van der Waals surface area contributed by atoms with E-state index in [1.165, 1.54) is 4.90 Å². The van der Waals surface area contributed by atoms with Crippen molar-refractivity contribution in [3.8, 4) is 5.75 Å². The van der Waals surface area contributed by atoms with Gasteiger partial charge in [0.05, 0.1) is 13.0 Å². The van der Waals surface area contributed by atoms with Crippen LogP contribution in [-0.4, -0.2) is 41.1 Å². The number of hydrogen-bond donors (Lipinski definition) is 1. The Morgan fingerprint density at radius 2 is 2.24 bits per heavy atom. The third kappa shape index (κ3) is 3.97. The number of likely N-dealkylation sites (tertiary alicyclic amines) is 1. The second kappa shape index (κ2) is 7.11. The first-order valence-electron chi connectivity index (χ1n) is 7.36. The number of carboxylic acid groups (broad SMARTS) is 1. The molecule has 2 rings (SSSR count). The summed E-state index contributed by atoms with van der Waals surface area (Å²) < 4.78 is 5.54. The van der Waals surface area contributed by atoms with Crippen LogP contribution in [0, 0.1) is 0 Å². The van der Waals surface area contributed by atoms with Gasteiger partial charge in [0.1, 0.15) is 11.8 Å². The molecule has 114 valence electrons. The van der Waals surface area contributed by atoms with Gasteiger partial charge in [0.25, 0.3) is 0 Å². The van der Waals surface area contributed by atoms with Crippen molar-refractivity contribution in [2.24, 2.45) is 0 Å². The Kier molecular flexibility index (Phi) is 5.20. The normalized spacial score (nSPS) is 17.8. The van der Waals surface area contributed by atoms with Crippen molar-refractivity contribution in [1.82, 2.24) is 4.90 Å². The summed E-state index contributed by atoms with van der Waals surface area (Å²) in [6, 6.07) is 6.75. The van der Waals surface area contributed by atoms with Crippen LogP contribution in [0.15, 0.2) is 24.3 Å². The van der Waals surface area contributed by atoms with Gasteiger partial charge in [-0.2, -0.15) is 0 Å². The quantitative estimate of drug-likeness (QED) is 0.871. The molecular formula is C16H21NO4. The first kappa shape index (κ1) is 15.4. The fourth-order valence-electron chi connectivity index (χ4n) is 2.56. The molecule has 0 aliphatic carbocycles. The molecule has 1 aliphatic heterocycles. The third-order valence-corrected chi connectivity index (χ3v) is 3.58. The Bertz CT molecular complexity index is 515. The summed E-state index contributed by atoms with van der Waals surface area (Å²) in [5.74, 6) is -0.299. The zero-order valence-corrected chi connectivity index (χ0v) is 12.2. The Hall–Kier alpha value is -2.04. The minimum atomic E-state index is -0.916. The van der Waals surface area contributed by atoms with Crippen molar-refractivity contribution in [1.29, 1.82) is 0 Å². The average molecular weight is 291 g/mol. The molecule has 0 spiro atoms. The van der Waals surface area contributed by atoms with Gasteiger partial charge in [0.2, 0.25) is 5.91 Å². The molecule has 0 radical (unpaired) electrons. The molecule has 1 aromatic rings. The van der Waals surface area contributed by atoms with E-state index in [1.807, 2.05) is 31.2 Å². The van der Waals surface area contributed by atoms with Crippen molar-refractivity contribution >= 4 is 11.9 Å². The zero-order valence-electron chi connectivity index (χ0n) is 12.2. The van der Waals surface area contributed by atoms with Gasteiger partial charge in [-0.15, -0.1) is 0 Å². The zero-order chi connectivity index (χ0) is 15.2. The predicted molar refractivity (Wildman–Crippen MR) is 78.3 cm³/mol. The number of carbonyl (C=O) groups excluding carboxylic acids is 1. The van der Waals surface area contributed by atoms with Crippen LogP contribution < -0.4 is 4.74 Å². The van der Waals surface area contributed by atoms with E-state index in [4.69, 9.17) is 9.84 Å². The van der Waals surface area contributed by atoms with Crippen LogP contribution >= 0.6 is 0 Å². The lowest BCUT2D eigenvalue weighted by molar-refractivity contribution is -0.148. The maximum atomic E-state index is 12.3. The highest BCUT2D eigenvalue weighted by Gasteiger charge is 2.33. The van der Waals surface area contributed by atoms with E-state index in [9.17, 15) is 9.59 Å². The Balaban J connectivity index is 2.00. The molecule has 0 bridgehead atoms. The summed E-state index contributed by atoms with van der Waals surface area (Å²) in [5, 5.41) is 9.13. The van der Waals surface area contributed by atoms with Crippen LogP contribution in [0.3, 0.4) is 0 Å². The summed E-state index contributed by atoms with van der Waals surface area (Å²) in [6.45, 7) is 3.21. The molecular weight excluding hydrogens is 270 g/mol. The van der Waals surface area contributed by atoms with Gasteiger partial charge in [-0.3, -0.25) is 4.79 Å². The summed E-state index contributed by atoms with van der Waals surface area (Å²) in [4.78, 5) is 24.9. The first-order chi connectivity index (χ1) is 10.1. The van der Waals surface area contributed by atoms with E-state index in [0.717, 1.165) is 24.2 Å². The summed E-state index contributed by atoms with van der Waals surface area (Å²) >= 11 is 0. The number of amides is 1. The Labute approximate surface area is 124 Å². The number of nitrogens with zero attached hydrogens (tertiary/aromatic N) is 1. The highest BCUT2D eigenvalue weighted by molar-refractivity contribution is 5.85. The van der Waals surface area contributed by atoms with Gasteiger partial charge in [-0.1, -0.05) is 19.1 Å². The molecule has 1 heterocycles. The van der Waals surface area contributed by atoms with E-state index in [0.29, 0.717) is 19.6 Å².